The number of aromatic nitrogens is 1. The first-order valence-corrected chi connectivity index (χ1v) is 10.9. The summed E-state index contributed by atoms with van der Waals surface area (Å²) in [6, 6.07) is 11.5. The van der Waals surface area contributed by atoms with Crippen LogP contribution < -0.4 is 9.64 Å². The predicted octanol–water partition coefficient (Wildman–Crippen LogP) is 3.81. The number of ether oxygens (including phenoxy) is 2. The number of morpholine rings is 1. The molecule has 3 aromatic rings. The summed E-state index contributed by atoms with van der Waals surface area (Å²) in [5.74, 6) is 0.0861. The summed E-state index contributed by atoms with van der Waals surface area (Å²) < 4.78 is 25.7. The van der Waals surface area contributed by atoms with Gasteiger partial charge in [0.05, 0.1) is 30.0 Å². The number of fused-ring (bicyclic) bond motifs is 1. The van der Waals surface area contributed by atoms with Gasteiger partial charge in [-0.15, -0.1) is 0 Å². The number of carbonyl (C=O) groups excluding carboxylic acids is 1. The normalized spacial score (nSPS) is 14.7. The fourth-order valence-electron chi connectivity index (χ4n) is 3.39. The largest absolute Gasteiger partial charge is 0.494 e. The molecule has 0 aliphatic carbocycles. The molecule has 30 heavy (non-hydrogen) atoms. The molecule has 0 radical (unpaired) electrons. The molecule has 0 spiro atoms. The molecule has 0 saturated carbocycles. The Morgan fingerprint density at radius 2 is 2.10 bits per heavy atom. The average molecular weight is 430 g/mol. The number of rotatable bonds is 7. The lowest BCUT2D eigenvalue weighted by Gasteiger charge is -2.29. The highest BCUT2D eigenvalue weighted by Gasteiger charge is 2.23. The van der Waals surface area contributed by atoms with E-state index in [4.69, 9.17) is 9.47 Å². The summed E-state index contributed by atoms with van der Waals surface area (Å²) in [5, 5.41) is 0.598. The van der Waals surface area contributed by atoms with E-state index in [1.165, 1.54) is 23.5 Å². The molecule has 0 atom stereocenters. The number of halogens is 1. The van der Waals surface area contributed by atoms with Crippen molar-refractivity contribution < 1.29 is 18.7 Å². The second-order valence-electron chi connectivity index (χ2n) is 6.98. The zero-order valence-corrected chi connectivity index (χ0v) is 17.7. The Morgan fingerprint density at radius 1 is 1.27 bits per heavy atom. The smallest absolute Gasteiger partial charge is 0.260 e. The molecule has 0 N–H and O–H groups in total. The minimum Gasteiger partial charge on any atom is -0.494 e. The van der Waals surface area contributed by atoms with Crippen LogP contribution in [0.3, 0.4) is 0 Å². The van der Waals surface area contributed by atoms with Crippen LogP contribution in [0.2, 0.25) is 0 Å². The molecule has 1 fully saturated rings. The van der Waals surface area contributed by atoms with Crippen LogP contribution in [-0.2, 0) is 4.74 Å². The highest BCUT2D eigenvalue weighted by Crippen LogP contribution is 2.32. The fourth-order valence-corrected chi connectivity index (χ4v) is 4.41. The maximum absolute atomic E-state index is 13.7. The van der Waals surface area contributed by atoms with Gasteiger partial charge in [0.15, 0.2) is 5.13 Å². The number of hydrogen-bond donors (Lipinski definition) is 0. The Labute approximate surface area is 178 Å². The summed E-state index contributed by atoms with van der Waals surface area (Å²) >= 11 is 1.44. The number of anilines is 1. The van der Waals surface area contributed by atoms with Crippen LogP contribution in [0.5, 0.6) is 5.75 Å². The second kappa shape index (κ2) is 9.51. The molecule has 2 aromatic carbocycles. The molecule has 0 bridgehead atoms. The number of amides is 1. The standard InChI is InChI=1S/C22H24FN3O3S/c1-2-29-18-6-7-19-20(15-18)30-22(24-19)26(9-8-25-10-12-28-13-11-25)21(27)16-4-3-5-17(23)14-16/h3-7,14-15H,2,8-13H2,1H3. The zero-order valence-electron chi connectivity index (χ0n) is 16.8. The number of benzene rings is 2. The molecule has 4 rings (SSSR count). The van der Waals surface area contributed by atoms with Gasteiger partial charge in [0, 0.05) is 31.7 Å². The number of carbonyl (C=O) groups is 1. The molecule has 1 aliphatic rings. The van der Waals surface area contributed by atoms with Gasteiger partial charge in [-0.2, -0.15) is 0 Å². The summed E-state index contributed by atoms with van der Waals surface area (Å²) in [4.78, 5) is 21.9. The van der Waals surface area contributed by atoms with E-state index >= 15 is 0 Å². The summed E-state index contributed by atoms with van der Waals surface area (Å²) in [6.45, 7) is 6.74. The van der Waals surface area contributed by atoms with E-state index in [9.17, 15) is 9.18 Å². The van der Waals surface area contributed by atoms with E-state index in [0.717, 1.165) is 29.1 Å². The maximum atomic E-state index is 13.7. The van der Waals surface area contributed by atoms with Crippen LogP contribution in [-0.4, -0.2) is 61.8 Å². The lowest BCUT2D eigenvalue weighted by Crippen LogP contribution is -2.43. The molecular weight excluding hydrogens is 405 g/mol. The lowest BCUT2D eigenvalue weighted by molar-refractivity contribution is 0.0391. The minimum atomic E-state index is -0.431. The van der Waals surface area contributed by atoms with Crippen LogP contribution in [0.1, 0.15) is 17.3 Å². The zero-order chi connectivity index (χ0) is 20.9. The van der Waals surface area contributed by atoms with E-state index in [1.54, 1.807) is 17.0 Å². The Hall–Kier alpha value is -2.55. The number of thiazole rings is 1. The molecule has 6 nitrogen and oxygen atoms in total. The molecule has 1 amide bonds. The van der Waals surface area contributed by atoms with Crippen molar-refractivity contribution in [3.05, 3.63) is 53.8 Å². The summed E-state index contributed by atoms with van der Waals surface area (Å²) in [5.41, 5.74) is 1.12. The van der Waals surface area contributed by atoms with Gasteiger partial charge in [-0.3, -0.25) is 14.6 Å². The van der Waals surface area contributed by atoms with Crippen molar-refractivity contribution in [3.8, 4) is 5.75 Å². The van der Waals surface area contributed by atoms with Gasteiger partial charge in [0.2, 0.25) is 0 Å². The minimum absolute atomic E-state index is 0.258. The van der Waals surface area contributed by atoms with E-state index in [0.29, 0.717) is 43.6 Å². The maximum Gasteiger partial charge on any atom is 0.260 e. The first-order valence-electron chi connectivity index (χ1n) is 10.0. The molecule has 2 heterocycles. The van der Waals surface area contributed by atoms with Crippen molar-refractivity contribution in [2.75, 3.05) is 50.9 Å². The Bertz CT molecular complexity index is 1020. The van der Waals surface area contributed by atoms with E-state index in [2.05, 4.69) is 9.88 Å². The van der Waals surface area contributed by atoms with Gasteiger partial charge < -0.3 is 9.47 Å². The quantitative estimate of drug-likeness (QED) is 0.572. The summed E-state index contributed by atoms with van der Waals surface area (Å²) in [6.07, 6.45) is 0. The van der Waals surface area contributed by atoms with E-state index < -0.39 is 5.82 Å². The topological polar surface area (TPSA) is 54.9 Å². The first-order chi connectivity index (χ1) is 14.6. The summed E-state index contributed by atoms with van der Waals surface area (Å²) in [7, 11) is 0. The Kier molecular flexibility index (Phi) is 6.56. The van der Waals surface area contributed by atoms with Crippen molar-refractivity contribution in [2.45, 2.75) is 6.92 Å². The fraction of sp³-hybridized carbons (Fsp3) is 0.364. The Morgan fingerprint density at radius 3 is 2.87 bits per heavy atom. The molecule has 8 heteroatoms. The first kappa shape index (κ1) is 20.7. The second-order valence-corrected chi connectivity index (χ2v) is 7.99. The average Bonchev–Trinajstić information content (AvgIpc) is 3.18. The van der Waals surface area contributed by atoms with Crippen molar-refractivity contribution in [1.82, 2.24) is 9.88 Å². The lowest BCUT2D eigenvalue weighted by atomic mass is 10.2. The third-order valence-electron chi connectivity index (χ3n) is 4.95. The SMILES string of the molecule is CCOc1ccc2nc(N(CCN3CCOCC3)C(=O)c3cccc(F)c3)sc2c1. The molecular formula is C22H24FN3O3S. The van der Waals surface area contributed by atoms with Crippen molar-refractivity contribution >= 4 is 32.6 Å². The molecule has 0 unspecified atom stereocenters. The van der Waals surface area contributed by atoms with Gasteiger partial charge in [-0.1, -0.05) is 17.4 Å². The molecule has 1 aromatic heterocycles. The monoisotopic (exact) mass is 429 g/mol. The number of hydrogen-bond acceptors (Lipinski definition) is 6. The van der Waals surface area contributed by atoms with Gasteiger partial charge in [-0.25, -0.2) is 9.37 Å². The van der Waals surface area contributed by atoms with Gasteiger partial charge in [-0.05, 0) is 43.3 Å². The van der Waals surface area contributed by atoms with Crippen molar-refractivity contribution in [2.24, 2.45) is 0 Å². The highest BCUT2D eigenvalue weighted by atomic mass is 32.1. The van der Waals surface area contributed by atoms with Gasteiger partial charge in [0.25, 0.3) is 5.91 Å². The molecule has 1 saturated heterocycles. The van der Waals surface area contributed by atoms with Crippen LogP contribution in [0.15, 0.2) is 42.5 Å². The Balaban J connectivity index is 1.63. The highest BCUT2D eigenvalue weighted by molar-refractivity contribution is 7.22. The van der Waals surface area contributed by atoms with Gasteiger partial charge in [0.1, 0.15) is 11.6 Å². The van der Waals surface area contributed by atoms with Crippen LogP contribution in [0.4, 0.5) is 9.52 Å². The van der Waals surface area contributed by atoms with Crippen molar-refractivity contribution in [1.29, 1.82) is 0 Å². The molecule has 1 aliphatic heterocycles. The third-order valence-corrected chi connectivity index (χ3v) is 5.99. The van der Waals surface area contributed by atoms with Crippen LogP contribution >= 0.6 is 11.3 Å². The van der Waals surface area contributed by atoms with E-state index in [-0.39, 0.29) is 5.91 Å². The molecule has 158 valence electrons. The third kappa shape index (κ3) is 4.77. The van der Waals surface area contributed by atoms with Crippen LogP contribution in [0.25, 0.3) is 10.2 Å². The predicted molar refractivity (Wildman–Crippen MR) is 116 cm³/mol. The number of nitrogens with zero attached hydrogens (tertiary/aromatic N) is 3. The van der Waals surface area contributed by atoms with Gasteiger partial charge >= 0.3 is 0 Å². The van der Waals surface area contributed by atoms with Crippen LogP contribution in [0, 0.1) is 5.82 Å². The van der Waals surface area contributed by atoms with Crippen molar-refractivity contribution in [3.63, 3.8) is 0 Å². The van der Waals surface area contributed by atoms with E-state index in [1.807, 2.05) is 25.1 Å².